The molecule has 0 radical (unpaired) electrons. The van der Waals surface area contributed by atoms with E-state index >= 15 is 0 Å². The molecule has 0 aliphatic heterocycles. The number of aryl methyl sites for hydroxylation is 1. The Morgan fingerprint density at radius 2 is 1.81 bits per heavy atom. The first-order chi connectivity index (χ1) is 17.5. The molecule has 1 N–H and O–H groups in total. The van der Waals surface area contributed by atoms with Gasteiger partial charge in [-0.05, 0) is 96.8 Å². The van der Waals surface area contributed by atoms with E-state index in [1.165, 1.54) is 30.3 Å². The summed E-state index contributed by atoms with van der Waals surface area (Å²) >= 11 is 0. The van der Waals surface area contributed by atoms with E-state index in [0.717, 1.165) is 18.2 Å². The molecule has 1 fully saturated rings. The van der Waals surface area contributed by atoms with E-state index in [0.29, 0.717) is 24.7 Å². The van der Waals surface area contributed by atoms with Gasteiger partial charge in [-0.15, -0.1) is 0 Å². The number of aldehydes is 1. The van der Waals surface area contributed by atoms with E-state index in [1.54, 1.807) is 13.8 Å². The van der Waals surface area contributed by atoms with Crippen LogP contribution in [0.4, 0.5) is 27.6 Å². The van der Waals surface area contributed by atoms with Gasteiger partial charge in [0, 0.05) is 12.1 Å². The van der Waals surface area contributed by atoms with Crippen molar-refractivity contribution in [2.75, 3.05) is 5.32 Å². The Morgan fingerprint density at radius 3 is 2.43 bits per heavy atom. The van der Waals surface area contributed by atoms with Gasteiger partial charge in [-0.2, -0.15) is 13.2 Å². The number of benzene rings is 3. The fourth-order valence-corrected chi connectivity index (χ4v) is 4.15. The van der Waals surface area contributed by atoms with E-state index in [9.17, 15) is 31.5 Å². The summed E-state index contributed by atoms with van der Waals surface area (Å²) in [5, 5.41) is 2.51. The van der Waals surface area contributed by atoms with E-state index in [-0.39, 0.29) is 46.2 Å². The second-order valence-corrected chi connectivity index (χ2v) is 9.21. The second kappa shape index (κ2) is 10.3. The number of alkyl halides is 3. The van der Waals surface area contributed by atoms with Crippen LogP contribution in [0.15, 0.2) is 48.5 Å². The van der Waals surface area contributed by atoms with Gasteiger partial charge in [-0.25, -0.2) is 8.78 Å². The van der Waals surface area contributed by atoms with Crippen molar-refractivity contribution in [3.8, 4) is 11.5 Å². The maximum atomic E-state index is 14.3. The average Bonchev–Trinajstić information content (AvgIpc) is 3.66. The van der Waals surface area contributed by atoms with Crippen molar-refractivity contribution in [3.05, 3.63) is 88.0 Å². The zero-order valence-corrected chi connectivity index (χ0v) is 20.1. The van der Waals surface area contributed by atoms with Crippen LogP contribution in [0.2, 0.25) is 0 Å². The Labute approximate surface area is 210 Å². The standard InChI is InChI=1S/C28H24F5NO3/c1-15(9-10-35)20-12-19(6-7-24(20)30)34-27(36)22-13-23(28(31,32)33)21(17-3-4-17)14-26(22)37-25-8-5-18(29)11-16(25)2/h5-8,10-15,17H,3-4,9H2,1-2H3,(H,34,36). The number of anilines is 1. The summed E-state index contributed by atoms with van der Waals surface area (Å²) in [6.45, 7) is 3.21. The third kappa shape index (κ3) is 5.98. The Hall–Kier alpha value is -3.75. The average molecular weight is 517 g/mol. The van der Waals surface area contributed by atoms with Crippen LogP contribution in [0.3, 0.4) is 0 Å². The predicted octanol–water partition coefficient (Wildman–Crippen LogP) is 7.91. The normalized spacial score (nSPS) is 14.2. The van der Waals surface area contributed by atoms with E-state index in [4.69, 9.17) is 4.74 Å². The molecule has 3 aromatic rings. The first-order valence-corrected chi connectivity index (χ1v) is 11.7. The number of rotatable bonds is 8. The van der Waals surface area contributed by atoms with Crippen LogP contribution < -0.4 is 10.1 Å². The maximum Gasteiger partial charge on any atom is 0.416 e. The van der Waals surface area contributed by atoms with Crippen molar-refractivity contribution in [2.45, 2.75) is 51.1 Å². The summed E-state index contributed by atoms with van der Waals surface area (Å²) in [7, 11) is 0. The number of hydrogen-bond acceptors (Lipinski definition) is 3. The number of halogens is 5. The van der Waals surface area contributed by atoms with Crippen LogP contribution in [-0.2, 0) is 11.0 Å². The summed E-state index contributed by atoms with van der Waals surface area (Å²) in [5.74, 6) is -2.68. The topological polar surface area (TPSA) is 55.4 Å². The number of nitrogens with one attached hydrogen (secondary N) is 1. The Kier molecular flexibility index (Phi) is 7.34. The van der Waals surface area contributed by atoms with Crippen molar-refractivity contribution in [1.82, 2.24) is 0 Å². The molecule has 9 heteroatoms. The fourth-order valence-electron chi connectivity index (χ4n) is 4.15. The van der Waals surface area contributed by atoms with E-state index in [1.807, 2.05) is 0 Å². The molecule has 0 saturated heterocycles. The van der Waals surface area contributed by atoms with Crippen molar-refractivity contribution < 1.29 is 36.3 Å². The minimum atomic E-state index is -4.70. The maximum absolute atomic E-state index is 14.3. The van der Waals surface area contributed by atoms with Gasteiger partial charge in [0.2, 0.25) is 0 Å². The fraction of sp³-hybridized carbons (Fsp3) is 0.286. The summed E-state index contributed by atoms with van der Waals surface area (Å²) in [6, 6.07) is 9.41. The Balaban J connectivity index is 1.76. The van der Waals surface area contributed by atoms with Gasteiger partial charge in [0.15, 0.2) is 0 Å². The lowest BCUT2D eigenvalue weighted by atomic mass is 9.97. The van der Waals surface area contributed by atoms with E-state index < -0.39 is 35.2 Å². The van der Waals surface area contributed by atoms with Gasteiger partial charge >= 0.3 is 6.18 Å². The van der Waals surface area contributed by atoms with Gasteiger partial charge in [0.1, 0.15) is 29.4 Å². The van der Waals surface area contributed by atoms with E-state index in [2.05, 4.69) is 5.32 Å². The number of ether oxygens (including phenoxy) is 1. The molecule has 0 heterocycles. The molecule has 0 bridgehead atoms. The number of carbonyl (C=O) groups excluding carboxylic acids is 2. The second-order valence-electron chi connectivity index (χ2n) is 9.21. The first kappa shape index (κ1) is 26.3. The van der Waals surface area contributed by atoms with Crippen molar-refractivity contribution in [2.24, 2.45) is 0 Å². The molecule has 4 rings (SSSR count). The number of amides is 1. The zero-order chi connectivity index (χ0) is 26.9. The largest absolute Gasteiger partial charge is 0.456 e. The minimum absolute atomic E-state index is 0.0329. The summed E-state index contributed by atoms with van der Waals surface area (Å²) in [5.41, 5.74) is -0.557. The molecular weight excluding hydrogens is 493 g/mol. The molecule has 3 aromatic carbocycles. The van der Waals surface area contributed by atoms with Crippen LogP contribution in [0.1, 0.15) is 70.6 Å². The number of carbonyl (C=O) groups is 2. The highest BCUT2D eigenvalue weighted by molar-refractivity contribution is 6.06. The smallest absolute Gasteiger partial charge is 0.416 e. The quantitative estimate of drug-likeness (QED) is 0.244. The van der Waals surface area contributed by atoms with Crippen molar-refractivity contribution >= 4 is 17.9 Å². The van der Waals surface area contributed by atoms with Crippen LogP contribution in [0.25, 0.3) is 0 Å². The van der Waals surface area contributed by atoms with Crippen LogP contribution in [0.5, 0.6) is 11.5 Å². The highest BCUT2D eigenvalue weighted by Crippen LogP contribution is 2.48. The molecule has 4 nitrogen and oxygen atoms in total. The third-order valence-electron chi connectivity index (χ3n) is 6.31. The third-order valence-corrected chi connectivity index (χ3v) is 6.31. The highest BCUT2D eigenvalue weighted by Gasteiger charge is 2.40. The SMILES string of the molecule is Cc1cc(F)ccc1Oc1cc(C2CC2)c(C(F)(F)F)cc1C(=O)Nc1ccc(F)c(C(C)CC=O)c1. The molecule has 0 aromatic heterocycles. The Bertz CT molecular complexity index is 1350. The van der Waals surface area contributed by atoms with Crippen molar-refractivity contribution in [1.29, 1.82) is 0 Å². The van der Waals surface area contributed by atoms with Gasteiger partial charge in [-0.1, -0.05) is 6.92 Å². The van der Waals surface area contributed by atoms with Crippen molar-refractivity contribution in [3.63, 3.8) is 0 Å². The van der Waals surface area contributed by atoms with Crippen LogP contribution >= 0.6 is 0 Å². The van der Waals surface area contributed by atoms with Gasteiger partial charge < -0.3 is 14.8 Å². The molecule has 1 aliphatic rings. The van der Waals surface area contributed by atoms with Gasteiger partial charge in [0.05, 0.1) is 11.1 Å². The number of hydrogen-bond donors (Lipinski definition) is 1. The lowest BCUT2D eigenvalue weighted by Gasteiger charge is -2.19. The monoisotopic (exact) mass is 517 g/mol. The summed E-state index contributed by atoms with van der Waals surface area (Å²) in [4.78, 5) is 24.1. The Morgan fingerprint density at radius 1 is 1.08 bits per heavy atom. The summed E-state index contributed by atoms with van der Waals surface area (Å²) < 4.78 is 75.6. The lowest BCUT2D eigenvalue weighted by molar-refractivity contribution is -0.138. The molecule has 1 aliphatic carbocycles. The predicted molar refractivity (Wildman–Crippen MR) is 128 cm³/mol. The zero-order valence-electron chi connectivity index (χ0n) is 20.1. The van der Waals surface area contributed by atoms with Crippen LogP contribution in [0, 0.1) is 18.6 Å². The highest BCUT2D eigenvalue weighted by atomic mass is 19.4. The molecule has 37 heavy (non-hydrogen) atoms. The molecule has 0 spiro atoms. The first-order valence-electron chi connectivity index (χ1n) is 11.7. The molecule has 1 saturated carbocycles. The van der Waals surface area contributed by atoms with Gasteiger partial charge in [-0.3, -0.25) is 4.79 Å². The van der Waals surface area contributed by atoms with Crippen LogP contribution in [-0.4, -0.2) is 12.2 Å². The molecule has 1 unspecified atom stereocenters. The molecule has 1 amide bonds. The summed E-state index contributed by atoms with van der Waals surface area (Å²) in [6.07, 6.45) is -2.83. The molecule has 194 valence electrons. The van der Waals surface area contributed by atoms with Gasteiger partial charge in [0.25, 0.3) is 5.91 Å². The minimum Gasteiger partial charge on any atom is -0.456 e. The molecular formula is C28H24F5NO3. The molecule has 1 atom stereocenters. The lowest BCUT2D eigenvalue weighted by Crippen LogP contribution is -2.17.